The van der Waals surface area contributed by atoms with E-state index in [1.807, 2.05) is 10.9 Å². The van der Waals surface area contributed by atoms with E-state index in [0.717, 1.165) is 36.2 Å². The zero-order chi connectivity index (χ0) is 19.9. The number of nitrogens with zero attached hydrogens (tertiary/aromatic N) is 3. The van der Waals surface area contributed by atoms with Crippen molar-refractivity contribution >= 4 is 11.8 Å². The standard InChI is InChI=1S/C22H28N4O2/c1-15-6-8-16(9-7-15)26-19-12-22(2,3)11-18(17(19)13-23-26)24-20(27)14-25-10-4-5-21(25)28/h6-9,13,18H,4-5,10-12,14H2,1-3H3,(H,24,27)/t18-/m1/s1. The molecule has 1 N–H and O–H groups in total. The first-order valence-electron chi connectivity index (χ1n) is 10.0. The molecule has 1 aromatic carbocycles. The Bertz CT molecular complexity index is 898. The summed E-state index contributed by atoms with van der Waals surface area (Å²) in [4.78, 5) is 26.1. The third-order valence-electron chi connectivity index (χ3n) is 5.80. The highest BCUT2D eigenvalue weighted by atomic mass is 16.2. The third-order valence-corrected chi connectivity index (χ3v) is 5.80. The number of carbonyl (C=O) groups excluding carboxylic acids is 2. The Hall–Kier alpha value is -2.63. The Kier molecular flexibility index (Phi) is 4.73. The topological polar surface area (TPSA) is 67.2 Å². The smallest absolute Gasteiger partial charge is 0.240 e. The minimum atomic E-state index is -0.0908. The van der Waals surface area contributed by atoms with Crippen LogP contribution in [0.4, 0.5) is 0 Å². The average molecular weight is 380 g/mol. The van der Waals surface area contributed by atoms with Gasteiger partial charge in [0.15, 0.2) is 0 Å². The van der Waals surface area contributed by atoms with Crippen molar-refractivity contribution in [3.8, 4) is 5.69 Å². The number of carbonyl (C=O) groups is 2. The van der Waals surface area contributed by atoms with Crippen molar-refractivity contribution in [2.45, 2.75) is 52.5 Å². The summed E-state index contributed by atoms with van der Waals surface area (Å²) >= 11 is 0. The summed E-state index contributed by atoms with van der Waals surface area (Å²) in [5.74, 6) is -0.0148. The quantitative estimate of drug-likeness (QED) is 0.887. The molecule has 0 unspecified atom stereocenters. The number of hydrogen-bond acceptors (Lipinski definition) is 3. The minimum absolute atomic E-state index is 0.0525. The second kappa shape index (κ2) is 7.08. The Morgan fingerprint density at radius 3 is 2.71 bits per heavy atom. The van der Waals surface area contributed by atoms with Crippen molar-refractivity contribution in [2.24, 2.45) is 5.41 Å². The second-order valence-electron chi connectivity index (χ2n) is 8.88. The molecule has 0 radical (unpaired) electrons. The molecule has 0 bridgehead atoms. The molecule has 28 heavy (non-hydrogen) atoms. The van der Waals surface area contributed by atoms with Crippen molar-refractivity contribution in [1.29, 1.82) is 0 Å². The Labute approximate surface area is 165 Å². The highest BCUT2D eigenvalue weighted by Crippen LogP contribution is 2.41. The maximum Gasteiger partial charge on any atom is 0.240 e. The van der Waals surface area contributed by atoms with E-state index < -0.39 is 0 Å². The molecule has 1 aliphatic heterocycles. The lowest BCUT2D eigenvalue weighted by molar-refractivity contribution is -0.133. The fourth-order valence-corrected chi connectivity index (χ4v) is 4.36. The summed E-state index contributed by atoms with van der Waals surface area (Å²) in [6.45, 7) is 7.36. The number of nitrogens with one attached hydrogen (secondary N) is 1. The van der Waals surface area contributed by atoms with Crippen molar-refractivity contribution in [2.75, 3.05) is 13.1 Å². The van der Waals surface area contributed by atoms with Crippen molar-refractivity contribution < 1.29 is 9.59 Å². The van der Waals surface area contributed by atoms with Crippen LogP contribution in [0.25, 0.3) is 5.69 Å². The molecule has 1 aliphatic carbocycles. The number of fused-ring (bicyclic) bond motifs is 1. The van der Waals surface area contributed by atoms with Crippen LogP contribution in [0.2, 0.25) is 0 Å². The molecule has 2 amide bonds. The fraction of sp³-hybridized carbons (Fsp3) is 0.500. The number of hydrogen-bond donors (Lipinski definition) is 1. The lowest BCUT2D eigenvalue weighted by Crippen LogP contribution is -2.42. The summed E-state index contributed by atoms with van der Waals surface area (Å²) in [5, 5.41) is 7.80. The van der Waals surface area contributed by atoms with Crippen LogP contribution in [-0.2, 0) is 16.0 Å². The first kappa shape index (κ1) is 18.7. The first-order valence-corrected chi connectivity index (χ1v) is 10.0. The van der Waals surface area contributed by atoms with Crippen LogP contribution in [-0.4, -0.2) is 39.6 Å². The van der Waals surface area contributed by atoms with E-state index >= 15 is 0 Å². The molecule has 2 heterocycles. The van der Waals surface area contributed by atoms with Crippen LogP contribution >= 0.6 is 0 Å². The molecule has 2 aromatic rings. The number of aromatic nitrogens is 2. The van der Waals surface area contributed by atoms with Gasteiger partial charge < -0.3 is 10.2 Å². The van der Waals surface area contributed by atoms with Crippen LogP contribution in [0.15, 0.2) is 30.5 Å². The molecule has 4 rings (SSSR count). The first-order chi connectivity index (χ1) is 13.3. The van der Waals surface area contributed by atoms with Gasteiger partial charge in [-0.05, 0) is 43.7 Å². The van der Waals surface area contributed by atoms with E-state index in [2.05, 4.69) is 55.5 Å². The fourth-order valence-electron chi connectivity index (χ4n) is 4.36. The number of rotatable bonds is 4. The molecule has 0 saturated carbocycles. The van der Waals surface area contributed by atoms with E-state index in [0.29, 0.717) is 13.0 Å². The summed E-state index contributed by atoms with van der Waals surface area (Å²) in [7, 11) is 0. The molecule has 6 heteroatoms. The van der Waals surface area contributed by atoms with Crippen molar-refractivity contribution in [3.05, 3.63) is 47.3 Å². The lowest BCUT2D eigenvalue weighted by Gasteiger charge is -2.36. The molecule has 6 nitrogen and oxygen atoms in total. The SMILES string of the molecule is Cc1ccc(-n2ncc3c2CC(C)(C)C[C@H]3NC(=O)CN2CCCC2=O)cc1. The van der Waals surface area contributed by atoms with E-state index in [-0.39, 0.29) is 29.8 Å². The maximum atomic E-state index is 12.6. The molecule has 2 aliphatic rings. The predicted molar refractivity (Wildman–Crippen MR) is 107 cm³/mol. The summed E-state index contributed by atoms with van der Waals surface area (Å²) in [6.07, 6.45) is 5.05. The monoisotopic (exact) mass is 380 g/mol. The van der Waals surface area contributed by atoms with Crippen LogP contribution < -0.4 is 5.32 Å². The van der Waals surface area contributed by atoms with Gasteiger partial charge in [-0.15, -0.1) is 0 Å². The van der Waals surface area contributed by atoms with Gasteiger partial charge in [-0.3, -0.25) is 9.59 Å². The van der Waals surface area contributed by atoms with Gasteiger partial charge in [0.2, 0.25) is 11.8 Å². The summed E-state index contributed by atoms with van der Waals surface area (Å²) < 4.78 is 2.00. The van der Waals surface area contributed by atoms with Gasteiger partial charge in [0.1, 0.15) is 0 Å². The highest BCUT2D eigenvalue weighted by molar-refractivity contribution is 5.86. The van der Waals surface area contributed by atoms with Gasteiger partial charge in [0.05, 0.1) is 30.2 Å². The molecule has 1 fully saturated rings. The number of amides is 2. The molecule has 148 valence electrons. The molecule has 1 atom stereocenters. The minimum Gasteiger partial charge on any atom is -0.348 e. The van der Waals surface area contributed by atoms with Gasteiger partial charge >= 0.3 is 0 Å². The van der Waals surface area contributed by atoms with E-state index in [1.54, 1.807) is 4.90 Å². The third kappa shape index (κ3) is 3.68. The number of benzene rings is 1. The summed E-state index contributed by atoms with van der Waals surface area (Å²) in [6, 6.07) is 8.25. The zero-order valence-corrected chi connectivity index (χ0v) is 16.9. The van der Waals surface area contributed by atoms with Crippen LogP contribution in [0.3, 0.4) is 0 Å². The van der Waals surface area contributed by atoms with Gasteiger partial charge in [-0.1, -0.05) is 31.5 Å². The highest BCUT2D eigenvalue weighted by Gasteiger charge is 2.36. The largest absolute Gasteiger partial charge is 0.348 e. The molecular formula is C22H28N4O2. The van der Waals surface area contributed by atoms with Crippen LogP contribution in [0, 0.1) is 12.3 Å². The maximum absolute atomic E-state index is 12.6. The Morgan fingerprint density at radius 1 is 1.29 bits per heavy atom. The zero-order valence-electron chi connectivity index (χ0n) is 16.9. The Morgan fingerprint density at radius 2 is 2.04 bits per heavy atom. The summed E-state index contributed by atoms with van der Waals surface area (Å²) in [5.41, 5.74) is 4.55. The Balaban J connectivity index is 1.57. The van der Waals surface area contributed by atoms with E-state index in [4.69, 9.17) is 0 Å². The van der Waals surface area contributed by atoms with E-state index in [9.17, 15) is 9.59 Å². The van der Waals surface area contributed by atoms with Crippen molar-refractivity contribution in [1.82, 2.24) is 20.0 Å². The van der Waals surface area contributed by atoms with Gasteiger partial charge in [-0.2, -0.15) is 5.10 Å². The van der Waals surface area contributed by atoms with E-state index in [1.165, 1.54) is 5.56 Å². The number of likely N-dealkylation sites (tertiary alicyclic amines) is 1. The second-order valence-corrected chi connectivity index (χ2v) is 8.88. The lowest BCUT2D eigenvalue weighted by atomic mass is 9.74. The number of aryl methyl sites for hydroxylation is 1. The van der Waals surface area contributed by atoms with Crippen LogP contribution in [0.5, 0.6) is 0 Å². The average Bonchev–Trinajstić information content (AvgIpc) is 3.21. The normalized spacial score (nSPS) is 20.9. The van der Waals surface area contributed by atoms with Crippen LogP contribution in [0.1, 0.15) is 56.0 Å². The molecular weight excluding hydrogens is 352 g/mol. The molecule has 1 saturated heterocycles. The van der Waals surface area contributed by atoms with Gasteiger partial charge in [0, 0.05) is 18.5 Å². The molecule has 0 spiro atoms. The van der Waals surface area contributed by atoms with Gasteiger partial charge in [0.25, 0.3) is 0 Å². The molecule has 1 aromatic heterocycles. The predicted octanol–water partition coefficient (Wildman–Crippen LogP) is 2.93. The van der Waals surface area contributed by atoms with Gasteiger partial charge in [-0.25, -0.2) is 4.68 Å². The van der Waals surface area contributed by atoms with Crippen molar-refractivity contribution in [3.63, 3.8) is 0 Å².